The van der Waals surface area contributed by atoms with E-state index in [9.17, 15) is 18.4 Å². The van der Waals surface area contributed by atoms with Crippen molar-refractivity contribution in [1.82, 2.24) is 19.5 Å². The quantitative estimate of drug-likeness (QED) is 0.172. The highest BCUT2D eigenvalue weighted by atomic mass is 19.4. The number of aromatic nitrogens is 4. The van der Waals surface area contributed by atoms with Crippen LogP contribution in [0.5, 0.6) is 0 Å². The summed E-state index contributed by atoms with van der Waals surface area (Å²) in [6.07, 6.45) is -4.61. The molecule has 0 saturated carbocycles. The Morgan fingerprint density at radius 2 is 1.04 bits per heavy atom. The number of hydrogen-bond donors (Lipinski definition) is 0. The first-order valence-electron chi connectivity index (χ1n) is 17.6. The van der Waals surface area contributed by atoms with Gasteiger partial charge in [-0.3, -0.25) is 0 Å². The fraction of sp³-hybridized carbons (Fsp3) is 0.0213. The smallest absolute Gasteiger partial charge is 0.309 e. The number of fused-ring (bicyclic) bond motifs is 3. The topological polar surface area (TPSA) is 67.4 Å². The Bertz CT molecular complexity index is 2870. The van der Waals surface area contributed by atoms with Gasteiger partial charge in [0.05, 0.1) is 28.2 Å². The van der Waals surface area contributed by atoms with E-state index in [1.807, 2.05) is 127 Å². The molecule has 5 nitrogen and oxygen atoms in total. The van der Waals surface area contributed by atoms with Crippen LogP contribution in [0.25, 0.3) is 83.9 Å². The monoisotopic (exact) mass is 719 g/mol. The summed E-state index contributed by atoms with van der Waals surface area (Å²) in [5, 5.41) is 11.8. The Labute approximate surface area is 314 Å². The van der Waals surface area contributed by atoms with Crippen LogP contribution in [0.4, 0.5) is 13.2 Å². The molecule has 0 amide bonds. The van der Waals surface area contributed by atoms with Crippen LogP contribution < -0.4 is 0 Å². The van der Waals surface area contributed by atoms with E-state index >= 15 is 0 Å². The van der Waals surface area contributed by atoms with E-state index in [0.29, 0.717) is 34.0 Å². The van der Waals surface area contributed by atoms with Crippen LogP contribution in [0.2, 0.25) is 0 Å². The standard InChI is InChI=1S/C47H28F3N5/c48-47(49,50)41-21-11-9-19-37(41)36-25-24-34(28-40(36)46-53-44(30-13-3-1-4-14-30)52-45(54-46)31-15-5-2-6-16-31)55-42-22-12-10-20-38(42)39-27-32(23-26-43(39)55)35-18-8-7-17-33(35)29-51/h1-28H. The third-order valence-electron chi connectivity index (χ3n) is 9.76. The van der Waals surface area contributed by atoms with Gasteiger partial charge in [0, 0.05) is 33.2 Å². The molecule has 0 atom stereocenters. The van der Waals surface area contributed by atoms with E-state index in [0.717, 1.165) is 50.1 Å². The van der Waals surface area contributed by atoms with Crippen molar-refractivity contribution in [3.8, 4) is 68.2 Å². The lowest BCUT2D eigenvalue weighted by atomic mass is 9.94. The molecule has 9 aromatic rings. The van der Waals surface area contributed by atoms with Gasteiger partial charge >= 0.3 is 6.18 Å². The second-order valence-corrected chi connectivity index (χ2v) is 13.1. The summed E-state index contributed by atoms with van der Waals surface area (Å²) < 4.78 is 46.0. The van der Waals surface area contributed by atoms with Gasteiger partial charge in [0.25, 0.3) is 0 Å². The van der Waals surface area contributed by atoms with Crippen molar-refractivity contribution >= 4 is 21.8 Å². The fourth-order valence-corrected chi connectivity index (χ4v) is 7.24. The average Bonchev–Trinajstić information content (AvgIpc) is 3.57. The third-order valence-corrected chi connectivity index (χ3v) is 9.76. The SMILES string of the molecule is N#Cc1ccccc1-c1ccc2c(c1)c1ccccc1n2-c1ccc(-c2ccccc2C(F)(F)F)c(-c2nc(-c3ccccc3)nc(-c3ccccc3)n2)c1. The van der Waals surface area contributed by atoms with Gasteiger partial charge in [0.1, 0.15) is 0 Å². The molecule has 9 rings (SSSR count). The minimum absolute atomic E-state index is 0.0162. The highest BCUT2D eigenvalue weighted by Gasteiger charge is 2.34. The summed E-state index contributed by atoms with van der Waals surface area (Å²) in [5.41, 5.74) is 6.30. The van der Waals surface area contributed by atoms with Gasteiger partial charge in [-0.05, 0) is 64.7 Å². The average molecular weight is 720 g/mol. The second-order valence-electron chi connectivity index (χ2n) is 13.1. The lowest BCUT2D eigenvalue weighted by Crippen LogP contribution is -2.08. The van der Waals surface area contributed by atoms with Crippen molar-refractivity contribution in [2.75, 3.05) is 0 Å². The van der Waals surface area contributed by atoms with Crippen molar-refractivity contribution in [2.45, 2.75) is 6.18 Å². The lowest BCUT2D eigenvalue weighted by molar-refractivity contribution is -0.137. The first-order valence-corrected chi connectivity index (χ1v) is 17.6. The number of halogens is 3. The molecule has 0 spiro atoms. The maximum atomic E-state index is 14.6. The van der Waals surface area contributed by atoms with Crippen molar-refractivity contribution in [3.63, 3.8) is 0 Å². The van der Waals surface area contributed by atoms with Crippen LogP contribution in [-0.2, 0) is 6.18 Å². The van der Waals surface area contributed by atoms with Gasteiger partial charge in [-0.15, -0.1) is 0 Å². The van der Waals surface area contributed by atoms with Crippen LogP contribution in [0, 0.1) is 11.3 Å². The summed E-state index contributed by atoms with van der Waals surface area (Å²) in [5.74, 6) is 1.02. The summed E-state index contributed by atoms with van der Waals surface area (Å²) in [7, 11) is 0. The largest absolute Gasteiger partial charge is 0.417 e. The van der Waals surface area contributed by atoms with Gasteiger partial charge < -0.3 is 4.57 Å². The number of para-hydroxylation sites is 1. The van der Waals surface area contributed by atoms with Crippen molar-refractivity contribution < 1.29 is 13.2 Å². The van der Waals surface area contributed by atoms with Crippen molar-refractivity contribution in [3.05, 3.63) is 181 Å². The zero-order valence-electron chi connectivity index (χ0n) is 29.0. The summed E-state index contributed by atoms with van der Waals surface area (Å²) in [6, 6.07) is 53.9. The van der Waals surface area contributed by atoms with Gasteiger partial charge in [0.15, 0.2) is 17.5 Å². The van der Waals surface area contributed by atoms with E-state index in [-0.39, 0.29) is 11.4 Å². The first kappa shape index (κ1) is 33.5. The maximum absolute atomic E-state index is 14.6. The zero-order valence-corrected chi connectivity index (χ0v) is 29.0. The molecule has 7 aromatic carbocycles. The zero-order chi connectivity index (χ0) is 37.5. The van der Waals surface area contributed by atoms with E-state index in [1.54, 1.807) is 18.2 Å². The Hall–Kier alpha value is -7.37. The van der Waals surface area contributed by atoms with Gasteiger partial charge in [-0.1, -0.05) is 127 Å². The fourth-order valence-electron chi connectivity index (χ4n) is 7.24. The first-order chi connectivity index (χ1) is 26.9. The molecule has 0 fully saturated rings. The maximum Gasteiger partial charge on any atom is 0.417 e. The molecule has 0 aliphatic heterocycles. The molecule has 0 aliphatic carbocycles. The van der Waals surface area contributed by atoms with Crippen LogP contribution >= 0.6 is 0 Å². The number of benzene rings is 7. The highest BCUT2D eigenvalue weighted by molar-refractivity contribution is 6.10. The van der Waals surface area contributed by atoms with E-state index in [1.165, 1.54) is 12.1 Å². The van der Waals surface area contributed by atoms with E-state index in [4.69, 9.17) is 15.0 Å². The Kier molecular flexibility index (Phi) is 8.25. The molecule has 0 unspecified atom stereocenters. The normalized spacial score (nSPS) is 11.5. The highest BCUT2D eigenvalue weighted by Crippen LogP contribution is 2.43. The second kappa shape index (κ2) is 13.6. The molecule has 2 heterocycles. The molecule has 0 N–H and O–H groups in total. The van der Waals surface area contributed by atoms with Crippen LogP contribution in [0.15, 0.2) is 170 Å². The Morgan fingerprint density at radius 1 is 0.455 bits per heavy atom. The van der Waals surface area contributed by atoms with E-state index < -0.39 is 11.7 Å². The predicted molar refractivity (Wildman–Crippen MR) is 211 cm³/mol. The van der Waals surface area contributed by atoms with Gasteiger partial charge in [-0.2, -0.15) is 18.4 Å². The van der Waals surface area contributed by atoms with Crippen LogP contribution in [0.1, 0.15) is 11.1 Å². The number of nitrogens with zero attached hydrogens (tertiary/aromatic N) is 5. The molecular weight excluding hydrogens is 692 g/mol. The third kappa shape index (κ3) is 6.08. The van der Waals surface area contributed by atoms with Crippen molar-refractivity contribution in [1.29, 1.82) is 5.26 Å². The van der Waals surface area contributed by atoms with Crippen LogP contribution in [-0.4, -0.2) is 19.5 Å². The summed E-state index contributed by atoms with van der Waals surface area (Å²) in [4.78, 5) is 14.7. The Balaban J connectivity index is 1.33. The molecule has 0 bridgehead atoms. The van der Waals surface area contributed by atoms with Gasteiger partial charge in [-0.25, -0.2) is 15.0 Å². The minimum atomic E-state index is -4.61. The molecule has 8 heteroatoms. The molecule has 262 valence electrons. The molecule has 0 radical (unpaired) electrons. The lowest BCUT2D eigenvalue weighted by Gasteiger charge is -2.18. The van der Waals surface area contributed by atoms with Gasteiger partial charge in [0.2, 0.25) is 0 Å². The Morgan fingerprint density at radius 3 is 1.73 bits per heavy atom. The molecular formula is C47H28F3N5. The summed E-state index contributed by atoms with van der Waals surface area (Å²) >= 11 is 0. The number of alkyl halides is 3. The molecule has 0 aliphatic rings. The minimum Gasteiger partial charge on any atom is -0.309 e. The van der Waals surface area contributed by atoms with Crippen LogP contribution in [0.3, 0.4) is 0 Å². The van der Waals surface area contributed by atoms with Crippen molar-refractivity contribution in [2.24, 2.45) is 0 Å². The molecule has 0 saturated heterocycles. The molecule has 55 heavy (non-hydrogen) atoms. The predicted octanol–water partition coefficient (Wildman–Crippen LogP) is 12.2. The molecule has 2 aromatic heterocycles. The number of rotatable bonds is 6. The number of hydrogen-bond acceptors (Lipinski definition) is 4. The van der Waals surface area contributed by atoms with E-state index in [2.05, 4.69) is 16.7 Å². The number of nitriles is 1. The summed E-state index contributed by atoms with van der Waals surface area (Å²) in [6.45, 7) is 0.